The van der Waals surface area contributed by atoms with Gasteiger partial charge in [0.05, 0.1) is 20.9 Å². The van der Waals surface area contributed by atoms with Crippen LogP contribution in [0.1, 0.15) is 57.8 Å². The highest BCUT2D eigenvalue weighted by molar-refractivity contribution is 9.10. The van der Waals surface area contributed by atoms with Crippen molar-refractivity contribution in [3.8, 4) is 0 Å². The number of hydrogen-bond donors (Lipinski definition) is 0. The summed E-state index contributed by atoms with van der Waals surface area (Å²) in [6, 6.07) is 3.50. The fraction of sp³-hybridized carbons (Fsp3) is 0.562. The first-order valence-electron chi connectivity index (χ1n) is 7.36. The van der Waals surface area contributed by atoms with Crippen LogP contribution in [0.3, 0.4) is 0 Å². The number of halogens is 3. The number of rotatable bonds is 5. The van der Waals surface area contributed by atoms with E-state index in [4.69, 9.17) is 11.6 Å². The molecule has 0 aliphatic rings. The van der Waals surface area contributed by atoms with Gasteiger partial charge in [0, 0.05) is 12.1 Å². The second kappa shape index (κ2) is 6.66. The average Bonchev–Trinajstić information content (AvgIpc) is 2.77. The number of aromatic nitrogens is 2. The molecule has 1 aromatic heterocycles. The standard InChI is InChI=1S/C16H21BrClFN2/c1-5-9(2)6-10(3)21-15-8-13(19)12(17)7-14(15)20-16(21)11(4)18/h7-11H,5-6H2,1-4H3. The zero-order chi connectivity index (χ0) is 15.7. The lowest BCUT2D eigenvalue weighted by molar-refractivity contribution is 0.396. The predicted octanol–water partition coefficient (Wildman–Crippen LogP) is 6.23. The third kappa shape index (κ3) is 3.42. The molecule has 0 aliphatic carbocycles. The van der Waals surface area contributed by atoms with Gasteiger partial charge in [0.2, 0.25) is 0 Å². The lowest BCUT2D eigenvalue weighted by Gasteiger charge is -2.21. The molecule has 0 amide bonds. The average molecular weight is 376 g/mol. The molecule has 5 heteroatoms. The molecule has 0 N–H and O–H groups in total. The van der Waals surface area contributed by atoms with E-state index < -0.39 is 0 Å². The van der Waals surface area contributed by atoms with Gasteiger partial charge in [-0.05, 0) is 48.2 Å². The normalized spacial score (nSPS) is 16.1. The van der Waals surface area contributed by atoms with E-state index in [0.29, 0.717) is 10.4 Å². The second-order valence-corrected chi connectivity index (χ2v) is 7.32. The summed E-state index contributed by atoms with van der Waals surface area (Å²) in [5.74, 6) is 1.14. The molecular formula is C16H21BrClFN2. The summed E-state index contributed by atoms with van der Waals surface area (Å²) in [7, 11) is 0. The lowest BCUT2D eigenvalue weighted by atomic mass is 10.00. The van der Waals surface area contributed by atoms with E-state index in [1.165, 1.54) is 0 Å². The van der Waals surface area contributed by atoms with Gasteiger partial charge in [-0.2, -0.15) is 0 Å². The van der Waals surface area contributed by atoms with Gasteiger partial charge in [-0.15, -0.1) is 11.6 Å². The van der Waals surface area contributed by atoms with E-state index in [9.17, 15) is 4.39 Å². The summed E-state index contributed by atoms with van der Waals surface area (Å²) in [6.07, 6.45) is 2.15. The molecule has 0 saturated carbocycles. The Morgan fingerprint density at radius 3 is 2.57 bits per heavy atom. The molecule has 21 heavy (non-hydrogen) atoms. The van der Waals surface area contributed by atoms with Crippen molar-refractivity contribution in [3.63, 3.8) is 0 Å². The summed E-state index contributed by atoms with van der Waals surface area (Å²) < 4.78 is 16.4. The lowest BCUT2D eigenvalue weighted by Crippen LogP contribution is -2.13. The van der Waals surface area contributed by atoms with Crippen molar-refractivity contribution < 1.29 is 4.39 Å². The van der Waals surface area contributed by atoms with Gasteiger partial charge in [0.1, 0.15) is 11.6 Å². The Bertz CT molecular complexity index is 639. The molecule has 1 aromatic carbocycles. The molecule has 0 radical (unpaired) electrons. The van der Waals surface area contributed by atoms with Crippen molar-refractivity contribution in [1.29, 1.82) is 0 Å². The van der Waals surface area contributed by atoms with E-state index >= 15 is 0 Å². The van der Waals surface area contributed by atoms with Crippen molar-refractivity contribution >= 4 is 38.6 Å². The van der Waals surface area contributed by atoms with Gasteiger partial charge in [0.25, 0.3) is 0 Å². The molecule has 2 rings (SSSR count). The molecule has 0 aliphatic heterocycles. The zero-order valence-electron chi connectivity index (χ0n) is 12.8. The summed E-state index contributed by atoms with van der Waals surface area (Å²) in [5, 5.41) is -0.210. The molecule has 1 heterocycles. The largest absolute Gasteiger partial charge is 0.324 e. The van der Waals surface area contributed by atoms with E-state index in [-0.39, 0.29) is 17.2 Å². The number of hydrogen-bond acceptors (Lipinski definition) is 1. The molecule has 0 bridgehead atoms. The number of nitrogens with zero attached hydrogens (tertiary/aromatic N) is 2. The highest BCUT2D eigenvalue weighted by Gasteiger charge is 2.21. The maximum Gasteiger partial charge on any atom is 0.139 e. The van der Waals surface area contributed by atoms with Crippen LogP contribution in [-0.2, 0) is 0 Å². The van der Waals surface area contributed by atoms with Crippen molar-refractivity contribution in [2.75, 3.05) is 0 Å². The molecule has 0 spiro atoms. The van der Waals surface area contributed by atoms with Gasteiger partial charge in [0.15, 0.2) is 0 Å². The van der Waals surface area contributed by atoms with Crippen molar-refractivity contribution in [1.82, 2.24) is 9.55 Å². The molecule has 2 nitrogen and oxygen atoms in total. The Balaban J connectivity index is 2.57. The quantitative estimate of drug-likeness (QED) is 0.566. The molecule has 3 unspecified atom stereocenters. The van der Waals surface area contributed by atoms with E-state index in [0.717, 1.165) is 29.7 Å². The summed E-state index contributed by atoms with van der Waals surface area (Å²) in [4.78, 5) is 4.60. The molecule has 3 atom stereocenters. The van der Waals surface area contributed by atoms with Crippen LogP contribution in [0.15, 0.2) is 16.6 Å². The maximum absolute atomic E-state index is 13.9. The van der Waals surface area contributed by atoms with Crippen LogP contribution in [0.4, 0.5) is 4.39 Å². The fourth-order valence-corrected chi connectivity index (χ4v) is 3.19. The van der Waals surface area contributed by atoms with Crippen LogP contribution in [-0.4, -0.2) is 9.55 Å². The minimum absolute atomic E-state index is 0.210. The van der Waals surface area contributed by atoms with Crippen LogP contribution in [0.5, 0.6) is 0 Å². The molecule has 0 saturated heterocycles. The van der Waals surface area contributed by atoms with Crippen LogP contribution >= 0.6 is 27.5 Å². The van der Waals surface area contributed by atoms with Crippen molar-refractivity contribution in [3.05, 3.63) is 28.2 Å². The van der Waals surface area contributed by atoms with Gasteiger partial charge in [-0.25, -0.2) is 9.37 Å². The Hall–Kier alpha value is -0.610. The number of fused-ring (bicyclic) bond motifs is 1. The second-order valence-electron chi connectivity index (χ2n) is 5.81. The van der Waals surface area contributed by atoms with Crippen LogP contribution in [0.2, 0.25) is 0 Å². The van der Waals surface area contributed by atoms with E-state index in [1.54, 1.807) is 12.1 Å². The van der Waals surface area contributed by atoms with Gasteiger partial charge < -0.3 is 4.57 Å². The van der Waals surface area contributed by atoms with Gasteiger partial charge in [-0.1, -0.05) is 20.3 Å². The first-order chi connectivity index (χ1) is 9.85. The molecule has 0 fully saturated rings. The van der Waals surface area contributed by atoms with E-state index in [1.807, 2.05) is 6.92 Å². The Labute approximate surface area is 138 Å². The molecular weight excluding hydrogens is 355 g/mol. The zero-order valence-corrected chi connectivity index (χ0v) is 15.2. The number of alkyl halides is 1. The Morgan fingerprint density at radius 1 is 1.33 bits per heavy atom. The minimum atomic E-state index is -0.270. The summed E-state index contributed by atoms with van der Waals surface area (Å²) >= 11 is 9.50. The highest BCUT2D eigenvalue weighted by atomic mass is 79.9. The van der Waals surface area contributed by atoms with Crippen molar-refractivity contribution in [2.24, 2.45) is 5.92 Å². The smallest absolute Gasteiger partial charge is 0.139 e. The topological polar surface area (TPSA) is 17.8 Å². The van der Waals surface area contributed by atoms with Crippen molar-refractivity contribution in [2.45, 2.75) is 52.0 Å². The fourth-order valence-electron chi connectivity index (χ4n) is 2.71. The number of imidazole rings is 1. The van der Waals surface area contributed by atoms with Crippen LogP contribution < -0.4 is 0 Å². The first-order valence-corrected chi connectivity index (χ1v) is 8.59. The first kappa shape index (κ1) is 16.8. The highest BCUT2D eigenvalue weighted by Crippen LogP contribution is 2.33. The summed E-state index contributed by atoms with van der Waals surface area (Å²) in [6.45, 7) is 8.47. The number of benzene rings is 1. The van der Waals surface area contributed by atoms with E-state index in [2.05, 4.69) is 46.3 Å². The monoisotopic (exact) mass is 374 g/mol. The third-order valence-corrected chi connectivity index (χ3v) is 4.80. The predicted molar refractivity (Wildman–Crippen MR) is 90.4 cm³/mol. The van der Waals surface area contributed by atoms with Gasteiger partial charge in [-0.3, -0.25) is 0 Å². The Kier molecular flexibility index (Phi) is 5.31. The van der Waals surface area contributed by atoms with Crippen LogP contribution in [0, 0.1) is 11.7 Å². The molecule has 116 valence electrons. The summed E-state index contributed by atoms with van der Waals surface area (Å²) in [5.41, 5.74) is 1.59. The Morgan fingerprint density at radius 2 is 2.00 bits per heavy atom. The molecule has 2 aromatic rings. The van der Waals surface area contributed by atoms with Gasteiger partial charge >= 0.3 is 0 Å². The van der Waals surface area contributed by atoms with Crippen LogP contribution in [0.25, 0.3) is 11.0 Å². The maximum atomic E-state index is 13.9. The third-order valence-electron chi connectivity index (χ3n) is 4.00. The SMILES string of the molecule is CCC(C)CC(C)n1c(C(C)Cl)nc2cc(Br)c(F)cc21. The minimum Gasteiger partial charge on any atom is -0.324 e.